The lowest BCUT2D eigenvalue weighted by Crippen LogP contribution is -2.51. The van der Waals surface area contributed by atoms with E-state index in [9.17, 15) is 4.39 Å². The van der Waals surface area contributed by atoms with Crippen molar-refractivity contribution >= 4 is 17.3 Å². The first-order chi connectivity index (χ1) is 6.24. The van der Waals surface area contributed by atoms with E-state index < -0.39 is 0 Å². The van der Waals surface area contributed by atoms with E-state index in [0.717, 1.165) is 18.8 Å². The SMILES string of the molecule is Fc1cc(Cl)cc(NC2CNC2)c1. The Morgan fingerprint density at radius 2 is 2.15 bits per heavy atom. The summed E-state index contributed by atoms with van der Waals surface area (Å²) in [6.45, 7) is 1.85. The molecule has 0 aromatic heterocycles. The van der Waals surface area contributed by atoms with Crippen LogP contribution >= 0.6 is 11.6 Å². The molecule has 2 nitrogen and oxygen atoms in total. The van der Waals surface area contributed by atoms with E-state index >= 15 is 0 Å². The molecule has 0 spiro atoms. The monoisotopic (exact) mass is 200 g/mol. The summed E-state index contributed by atoms with van der Waals surface area (Å²) in [5.74, 6) is -0.303. The fourth-order valence-corrected chi connectivity index (χ4v) is 1.49. The number of halogens is 2. The lowest BCUT2D eigenvalue weighted by atomic mass is 10.1. The summed E-state index contributed by atoms with van der Waals surface area (Å²) in [5.41, 5.74) is 0.747. The van der Waals surface area contributed by atoms with Crippen LogP contribution in [0.2, 0.25) is 5.02 Å². The summed E-state index contributed by atoms with van der Waals surface area (Å²) in [6.07, 6.45) is 0. The van der Waals surface area contributed by atoms with Crippen LogP contribution in [0.25, 0.3) is 0 Å². The third kappa shape index (κ3) is 2.11. The van der Waals surface area contributed by atoms with E-state index in [0.29, 0.717) is 11.1 Å². The minimum Gasteiger partial charge on any atom is -0.380 e. The van der Waals surface area contributed by atoms with E-state index in [4.69, 9.17) is 11.6 Å². The molecular formula is C9H10ClFN2. The number of nitrogens with one attached hydrogen (secondary N) is 2. The standard InChI is InChI=1S/C9H10ClFN2/c10-6-1-7(11)3-8(2-6)13-9-4-12-5-9/h1-3,9,12-13H,4-5H2. The van der Waals surface area contributed by atoms with Crippen molar-refractivity contribution in [2.45, 2.75) is 6.04 Å². The highest BCUT2D eigenvalue weighted by atomic mass is 35.5. The maximum absolute atomic E-state index is 12.9. The Morgan fingerprint density at radius 1 is 1.38 bits per heavy atom. The van der Waals surface area contributed by atoms with Crippen molar-refractivity contribution in [1.29, 1.82) is 0 Å². The molecule has 13 heavy (non-hydrogen) atoms. The molecule has 2 N–H and O–H groups in total. The van der Waals surface area contributed by atoms with Gasteiger partial charge in [0.2, 0.25) is 0 Å². The Labute approximate surface area is 81.1 Å². The highest BCUT2D eigenvalue weighted by Crippen LogP contribution is 2.19. The van der Waals surface area contributed by atoms with Gasteiger partial charge < -0.3 is 10.6 Å². The molecule has 0 saturated carbocycles. The molecule has 0 bridgehead atoms. The average molecular weight is 201 g/mol. The number of rotatable bonds is 2. The topological polar surface area (TPSA) is 24.1 Å². The first-order valence-corrected chi connectivity index (χ1v) is 4.55. The van der Waals surface area contributed by atoms with Gasteiger partial charge in [-0.15, -0.1) is 0 Å². The van der Waals surface area contributed by atoms with Gasteiger partial charge in [0.25, 0.3) is 0 Å². The summed E-state index contributed by atoms with van der Waals surface area (Å²) < 4.78 is 12.9. The van der Waals surface area contributed by atoms with Gasteiger partial charge >= 0.3 is 0 Å². The predicted octanol–water partition coefficient (Wildman–Crippen LogP) is 1.86. The number of hydrogen-bond acceptors (Lipinski definition) is 2. The summed E-state index contributed by atoms with van der Waals surface area (Å²) in [6, 6.07) is 4.87. The first kappa shape index (κ1) is 8.78. The fourth-order valence-electron chi connectivity index (χ4n) is 1.26. The van der Waals surface area contributed by atoms with Crippen molar-refractivity contribution in [1.82, 2.24) is 5.32 Å². The van der Waals surface area contributed by atoms with E-state index in [2.05, 4.69) is 10.6 Å². The van der Waals surface area contributed by atoms with Gasteiger partial charge in [-0.2, -0.15) is 0 Å². The second kappa shape index (κ2) is 3.52. The van der Waals surface area contributed by atoms with E-state index in [1.807, 2.05) is 0 Å². The highest BCUT2D eigenvalue weighted by Gasteiger charge is 2.16. The van der Waals surface area contributed by atoms with Crippen LogP contribution in [0.5, 0.6) is 0 Å². The van der Waals surface area contributed by atoms with Crippen molar-refractivity contribution in [2.24, 2.45) is 0 Å². The predicted molar refractivity (Wildman–Crippen MR) is 51.7 cm³/mol. The van der Waals surface area contributed by atoms with Gasteiger partial charge in [0.05, 0.1) is 6.04 Å². The van der Waals surface area contributed by atoms with Crippen molar-refractivity contribution in [3.63, 3.8) is 0 Å². The Hall–Kier alpha value is -0.800. The molecule has 2 rings (SSSR count). The molecule has 1 heterocycles. The van der Waals surface area contributed by atoms with Crippen molar-refractivity contribution < 1.29 is 4.39 Å². The summed E-state index contributed by atoms with van der Waals surface area (Å²) in [5, 5.41) is 6.72. The van der Waals surface area contributed by atoms with Crippen LogP contribution in [-0.2, 0) is 0 Å². The molecule has 0 radical (unpaired) electrons. The second-order valence-electron chi connectivity index (χ2n) is 3.16. The number of anilines is 1. The molecule has 1 aliphatic rings. The molecule has 1 aromatic carbocycles. The minimum atomic E-state index is -0.303. The normalized spacial score (nSPS) is 16.8. The van der Waals surface area contributed by atoms with Gasteiger partial charge in [-0.3, -0.25) is 0 Å². The molecule has 1 aliphatic heterocycles. The lowest BCUT2D eigenvalue weighted by molar-refractivity contribution is 0.472. The van der Waals surface area contributed by atoms with Gasteiger partial charge in [0.1, 0.15) is 5.82 Å². The van der Waals surface area contributed by atoms with Crippen molar-refractivity contribution in [3.8, 4) is 0 Å². The van der Waals surface area contributed by atoms with Gasteiger partial charge in [0.15, 0.2) is 0 Å². The third-order valence-corrected chi connectivity index (χ3v) is 2.23. The molecule has 1 saturated heterocycles. The quantitative estimate of drug-likeness (QED) is 0.762. The number of benzene rings is 1. The third-order valence-electron chi connectivity index (χ3n) is 2.01. The van der Waals surface area contributed by atoms with E-state index in [1.165, 1.54) is 12.1 Å². The first-order valence-electron chi connectivity index (χ1n) is 4.17. The summed E-state index contributed by atoms with van der Waals surface area (Å²) >= 11 is 5.70. The largest absolute Gasteiger partial charge is 0.380 e. The zero-order chi connectivity index (χ0) is 9.26. The molecule has 4 heteroatoms. The van der Waals surface area contributed by atoms with Gasteiger partial charge in [-0.25, -0.2) is 4.39 Å². The van der Waals surface area contributed by atoms with Gasteiger partial charge in [-0.1, -0.05) is 11.6 Å². The average Bonchev–Trinajstić information content (AvgIpc) is 1.95. The lowest BCUT2D eigenvalue weighted by Gasteiger charge is -2.29. The zero-order valence-electron chi connectivity index (χ0n) is 6.98. The molecule has 0 unspecified atom stereocenters. The summed E-state index contributed by atoms with van der Waals surface area (Å²) in [7, 11) is 0. The highest BCUT2D eigenvalue weighted by molar-refractivity contribution is 6.30. The van der Waals surface area contributed by atoms with Crippen LogP contribution in [0.1, 0.15) is 0 Å². The molecule has 0 atom stereocenters. The second-order valence-corrected chi connectivity index (χ2v) is 3.59. The van der Waals surface area contributed by atoms with Crippen molar-refractivity contribution in [2.75, 3.05) is 18.4 Å². The van der Waals surface area contributed by atoms with E-state index in [-0.39, 0.29) is 5.82 Å². The van der Waals surface area contributed by atoms with Gasteiger partial charge in [-0.05, 0) is 18.2 Å². The zero-order valence-corrected chi connectivity index (χ0v) is 7.74. The van der Waals surface area contributed by atoms with Crippen LogP contribution < -0.4 is 10.6 Å². The minimum absolute atomic E-state index is 0.303. The summed E-state index contributed by atoms with van der Waals surface area (Å²) in [4.78, 5) is 0. The van der Waals surface area contributed by atoms with Crippen LogP contribution in [0.15, 0.2) is 18.2 Å². The van der Waals surface area contributed by atoms with Crippen molar-refractivity contribution in [3.05, 3.63) is 29.0 Å². The Kier molecular flexibility index (Phi) is 2.38. The smallest absolute Gasteiger partial charge is 0.126 e. The van der Waals surface area contributed by atoms with Crippen LogP contribution in [0.3, 0.4) is 0 Å². The van der Waals surface area contributed by atoms with E-state index in [1.54, 1.807) is 6.07 Å². The molecule has 0 aliphatic carbocycles. The van der Waals surface area contributed by atoms with Gasteiger partial charge in [0, 0.05) is 23.8 Å². The Morgan fingerprint density at radius 3 is 2.69 bits per heavy atom. The molecular weight excluding hydrogens is 191 g/mol. The van der Waals surface area contributed by atoms with Crippen LogP contribution in [0, 0.1) is 5.82 Å². The maximum Gasteiger partial charge on any atom is 0.126 e. The Bertz CT molecular complexity index is 292. The Balaban J connectivity index is 2.10. The fraction of sp³-hybridized carbons (Fsp3) is 0.333. The molecule has 0 amide bonds. The molecule has 1 fully saturated rings. The molecule has 1 aromatic rings. The van der Waals surface area contributed by atoms with Crippen LogP contribution in [-0.4, -0.2) is 19.1 Å². The maximum atomic E-state index is 12.9. The molecule has 70 valence electrons. The van der Waals surface area contributed by atoms with Crippen LogP contribution in [0.4, 0.5) is 10.1 Å². The number of hydrogen-bond donors (Lipinski definition) is 2.